The molecule has 0 aliphatic heterocycles. The molecule has 5 nitrogen and oxygen atoms in total. The molecular weight excluding hydrogens is 280 g/mol. The first-order chi connectivity index (χ1) is 10.5. The Bertz CT molecular complexity index is 720. The molecule has 0 spiro atoms. The van der Waals surface area contributed by atoms with E-state index in [2.05, 4.69) is 0 Å². The van der Waals surface area contributed by atoms with Crippen LogP contribution in [0.2, 0.25) is 0 Å². The van der Waals surface area contributed by atoms with Crippen LogP contribution in [-0.4, -0.2) is 18.8 Å². The Morgan fingerprint density at radius 3 is 2.41 bits per heavy atom. The van der Waals surface area contributed by atoms with Crippen molar-refractivity contribution in [2.45, 2.75) is 26.3 Å². The summed E-state index contributed by atoms with van der Waals surface area (Å²) >= 11 is 0. The minimum Gasteiger partial charge on any atom is -0.497 e. The van der Waals surface area contributed by atoms with Gasteiger partial charge in [-0.15, -0.1) is 0 Å². The van der Waals surface area contributed by atoms with Gasteiger partial charge in [0.25, 0.3) is 5.56 Å². The first kappa shape index (κ1) is 16.1. The molecule has 0 amide bonds. The van der Waals surface area contributed by atoms with Crippen molar-refractivity contribution >= 4 is 0 Å². The summed E-state index contributed by atoms with van der Waals surface area (Å²) in [5, 5.41) is 0. The summed E-state index contributed by atoms with van der Waals surface area (Å²) in [6.45, 7) is 4.28. The molecule has 0 aliphatic carbocycles. The van der Waals surface area contributed by atoms with Gasteiger partial charge >= 0.3 is 0 Å². The minimum absolute atomic E-state index is 0.125. The summed E-state index contributed by atoms with van der Waals surface area (Å²) in [6.07, 6.45) is 0. The number of ether oxygens (including phenoxy) is 2. The van der Waals surface area contributed by atoms with E-state index in [0.717, 1.165) is 5.69 Å². The third-order valence-electron chi connectivity index (χ3n) is 3.63. The molecule has 0 saturated carbocycles. The third kappa shape index (κ3) is 2.85. The molecule has 2 N–H and O–H groups in total. The van der Waals surface area contributed by atoms with E-state index in [9.17, 15) is 4.79 Å². The van der Waals surface area contributed by atoms with Crippen LogP contribution in [0.15, 0.2) is 35.1 Å². The Morgan fingerprint density at radius 1 is 1.14 bits per heavy atom. The molecule has 1 heterocycles. The average Bonchev–Trinajstić information content (AvgIpc) is 2.53. The second kappa shape index (κ2) is 6.66. The number of hydrogen-bond acceptors (Lipinski definition) is 4. The van der Waals surface area contributed by atoms with Crippen LogP contribution >= 0.6 is 0 Å². The lowest BCUT2D eigenvalue weighted by atomic mass is 10.1. The Balaban J connectivity index is 2.83. The van der Waals surface area contributed by atoms with Gasteiger partial charge in [0.15, 0.2) is 0 Å². The van der Waals surface area contributed by atoms with Crippen molar-refractivity contribution in [3.63, 3.8) is 0 Å². The van der Waals surface area contributed by atoms with E-state index in [0.29, 0.717) is 22.7 Å². The lowest BCUT2D eigenvalue weighted by Gasteiger charge is -2.19. The maximum Gasteiger partial charge on any atom is 0.259 e. The van der Waals surface area contributed by atoms with Crippen molar-refractivity contribution in [3.8, 4) is 17.2 Å². The van der Waals surface area contributed by atoms with Gasteiger partial charge < -0.3 is 15.2 Å². The molecule has 0 saturated heterocycles. The number of hydrogen-bond donors (Lipinski definition) is 1. The van der Waals surface area contributed by atoms with Crippen LogP contribution in [0.5, 0.6) is 11.5 Å². The van der Waals surface area contributed by atoms with Crippen molar-refractivity contribution in [1.82, 2.24) is 4.57 Å². The zero-order valence-electron chi connectivity index (χ0n) is 13.4. The maximum atomic E-state index is 12.8. The molecule has 0 unspecified atom stereocenters. The fourth-order valence-corrected chi connectivity index (χ4v) is 2.42. The summed E-state index contributed by atoms with van der Waals surface area (Å²) in [7, 11) is 3.17. The fourth-order valence-electron chi connectivity index (χ4n) is 2.42. The second-order valence-electron chi connectivity index (χ2n) is 5.32. The summed E-state index contributed by atoms with van der Waals surface area (Å²) in [5.41, 5.74) is 7.68. The highest BCUT2D eigenvalue weighted by molar-refractivity contribution is 5.52. The molecule has 0 radical (unpaired) electrons. The predicted molar refractivity (Wildman–Crippen MR) is 87.1 cm³/mol. The Labute approximate surface area is 130 Å². The van der Waals surface area contributed by atoms with Crippen molar-refractivity contribution in [2.75, 3.05) is 14.2 Å². The lowest BCUT2D eigenvalue weighted by molar-refractivity contribution is 0.401. The summed E-state index contributed by atoms with van der Waals surface area (Å²) < 4.78 is 12.4. The van der Waals surface area contributed by atoms with Gasteiger partial charge in [-0.25, -0.2) is 0 Å². The van der Waals surface area contributed by atoms with Crippen LogP contribution in [0.1, 0.15) is 31.0 Å². The van der Waals surface area contributed by atoms with Crippen LogP contribution in [0.3, 0.4) is 0 Å². The van der Waals surface area contributed by atoms with E-state index >= 15 is 0 Å². The van der Waals surface area contributed by atoms with Crippen molar-refractivity contribution in [1.29, 1.82) is 0 Å². The van der Waals surface area contributed by atoms with E-state index < -0.39 is 0 Å². The number of aromatic nitrogens is 1. The Hall–Kier alpha value is -2.27. The molecule has 5 heteroatoms. The maximum absolute atomic E-state index is 12.8. The normalized spacial score (nSPS) is 10.8. The van der Waals surface area contributed by atoms with Crippen molar-refractivity contribution in [3.05, 3.63) is 51.9 Å². The van der Waals surface area contributed by atoms with Gasteiger partial charge in [-0.2, -0.15) is 0 Å². The number of rotatable bonds is 5. The topological polar surface area (TPSA) is 66.5 Å². The Morgan fingerprint density at radius 2 is 1.86 bits per heavy atom. The van der Waals surface area contributed by atoms with Crippen LogP contribution in [-0.2, 0) is 6.54 Å². The summed E-state index contributed by atoms with van der Waals surface area (Å²) in [4.78, 5) is 12.8. The van der Waals surface area contributed by atoms with E-state index in [-0.39, 0.29) is 18.0 Å². The van der Waals surface area contributed by atoms with Crippen LogP contribution in [0, 0.1) is 0 Å². The summed E-state index contributed by atoms with van der Waals surface area (Å²) in [6, 6.07) is 9.12. The van der Waals surface area contributed by atoms with Gasteiger partial charge in [0, 0.05) is 23.9 Å². The van der Waals surface area contributed by atoms with Gasteiger partial charge in [-0.1, -0.05) is 19.9 Å². The van der Waals surface area contributed by atoms with E-state index in [1.807, 2.05) is 19.9 Å². The van der Waals surface area contributed by atoms with Crippen LogP contribution < -0.4 is 20.8 Å². The SMILES string of the molecule is COc1ccc(OC)c(-n2c(C(C)C)ccc(CN)c2=O)c1. The zero-order chi connectivity index (χ0) is 16.3. The smallest absolute Gasteiger partial charge is 0.259 e. The molecule has 1 aromatic heterocycles. The quantitative estimate of drug-likeness (QED) is 0.921. The van der Waals surface area contributed by atoms with Crippen molar-refractivity contribution < 1.29 is 9.47 Å². The van der Waals surface area contributed by atoms with Gasteiger partial charge in [0.05, 0.1) is 19.9 Å². The van der Waals surface area contributed by atoms with Gasteiger partial charge in [-0.05, 0) is 24.1 Å². The van der Waals surface area contributed by atoms with Crippen LogP contribution in [0.25, 0.3) is 5.69 Å². The molecule has 0 fully saturated rings. The van der Waals surface area contributed by atoms with E-state index in [1.54, 1.807) is 43.1 Å². The van der Waals surface area contributed by atoms with E-state index in [1.165, 1.54) is 0 Å². The fraction of sp³-hybridized carbons (Fsp3) is 0.353. The number of pyridine rings is 1. The molecule has 0 bridgehead atoms. The number of benzene rings is 1. The van der Waals surface area contributed by atoms with Gasteiger partial charge in [0.2, 0.25) is 0 Å². The molecule has 118 valence electrons. The number of methoxy groups -OCH3 is 2. The van der Waals surface area contributed by atoms with Gasteiger partial charge in [-0.3, -0.25) is 9.36 Å². The second-order valence-corrected chi connectivity index (χ2v) is 5.32. The number of nitrogens with two attached hydrogens (primary N) is 1. The molecule has 2 rings (SSSR count). The largest absolute Gasteiger partial charge is 0.497 e. The highest BCUT2D eigenvalue weighted by Crippen LogP contribution is 2.29. The van der Waals surface area contributed by atoms with E-state index in [4.69, 9.17) is 15.2 Å². The highest BCUT2D eigenvalue weighted by Gasteiger charge is 2.16. The molecule has 0 aliphatic rings. The molecule has 1 aromatic carbocycles. The number of nitrogens with zero attached hydrogens (tertiary/aromatic N) is 1. The van der Waals surface area contributed by atoms with Crippen LogP contribution in [0.4, 0.5) is 0 Å². The monoisotopic (exact) mass is 302 g/mol. The van der Waals surface area contributed by atoms with Crippen molar-refractivity contribution in [2.24, 2.45) is 5.73 Å². The summed E-state index contributed by atoms with van der Waals surface area (Å²) in [5.74, 6) is 1.45. The Kier molecular flexibility index (Phi) is 4.88. The molecule has 2 aromatic rings. The average molecular weight is 302 g/mol. The molecular formula is C17H22N2O3. The molecule has 22 heavy (non-hydrogen) atoms. The third-order valence-corrected chi connectivity index (χ3v) is 3.63. The lowest BCUT2D eigenvalue weighted by Crippen LogP contribution is -2.27. The van der Waals surface area contributed by atoms with Gasteiger partial charge in [0.1, 0.15) is 11.5 Å². The standard InChI is InChI=1S/C17H22N2O3/c1-11(2)14-7-5-12(10-18)17(20)19(14)15-9-13(21-3)6-8-16(15)22-4/h5-9,11H,10,18H2,1-4H3. The zero-order valence-corrected chi connectivity index (χ0v) is 13.4. The minimum atomic E-state index is -0.125. The first-order valence-corrected chi connectivity index (χ1v) is 7.20. The first-order valence-electron chi connectivity index (χ1n) is 7.20. The molecule has 0 atom stereocenters. The predicted octanol–water partition coefficient (Wildman–Crippen LogP) is 2.44. The highest BCUT2D eigenvalue weighted by atomic mass is 16.5.